The summed E-state index contributed by atoms with van der Waals surface area (Å²) in [6.07, 6.45) is 0. The Morgan fingerprint density at radius 1 is 1.07 bits per heavy atom. The molecule has 2 aliphatic rings. The first-order valence-electron chi connectivity index (χ1n) is 13.0. The van der Waals surface area contributed by atoms with Gasteiger partial charge in [-0.05, 0) is 25.5 Å². The first-order valence-corrected chi connectivity index (χ1v) is 13.0. The fraction of sp³-hybridized carbons (Fsp3) is 0.379. The predicted octanol–water partition coefficient (Wildman–Crippen LogP) is 3.45. The van der Waals surface area contributed by atoms with Crippen LogP contribution in [0.2, 0.25) is 0 Å². The molecule has 2 aromatic rings. The van der Waals surface area contributed by atoms with E-state index >= 15 is 0 Å². The highest BCUT2D eigenvalue weighted by molar-refractivity contribution is 5.99. The van der Waals surface area contributed by atoms with E-state index in [1.807, 2.05) is 29.2 Å². The van der Waals surface area contributed by atoms with Gasteiger partial charge in [0.05, 0.1) is 42.2 Å². The van der Waals surface area contributed by atoms with Crippen molar-refractivity contribution in [3.05, 3.63) is 92.3 Å². The molecular formula is C29H34N4O7. The van der Waals surface area contributed by atoms with Crippen LogP contribution in [-0.4, -0.2) is 78.7 Å². The lowest BCUT2D eigenvalue weighted by molar-refractivity contribution is -0.384. The monoisotopic (exact) mass is 550 g/mol. The van der Waals surface area contributed by atoms with Crippen LogP contribution in [0, 0.1) is 10.1 Å². The Kier molecular flexibility index (Phi) is 8.86. The maximum Gasteiger partial charge on any atom is 0.336 e. The minimum absolute atomic E-state index is 0.0203. The van der Waals surface area contributed by atoms with Gasteiger partial charge in [0, 0.05) is 61.8 Å². The first kappa shape index (κ1) is 28.8. The smallest absolute Gasteiger partial charge is 0.336 e. The van der Waals surface area contributed by atoms with Crippen molar-refractivity contribution in [3.8, 4) is 5.75 Å². The summed E-state index contributed by atoms with van der Waals surface area (Å²) in [4.78, 5) is 40.9. The first-order chi connectivity index (χ1) is 19.2. The molecule has 11 heteroatoms. The summed E-state index contributed by atoms with van der Waals surface area (Å²) in [6, 6.07) is 13.6. The number of para-hydroxylation sites is 1. The number of benzene rings is 2. The topological polar surface area (TPSA) is 134 Å². The SMILES string of the molecule is COC(=O)C1=C(C)N(CCN2CCNCC2c2ccccc2OC)C(C)=C(C(=O)O)C1c1cccc([N+](=O)[O-])c1. The van der Waals surface area contributed by atoms with E-state index in [0.29, 0.717) is 30.0 Å². The molecule has 0 bridgehead atoms. The van der Waals surface area contributed by atoms with Crippen LogP contribution in [0.15, 0.2) is 71.1 Å². The maximum atomic E-state index is 13.1. The molecule has 2 aromatic carbocycles. The molecule has 40 heavy (non-hydrogen) atoms. The second-order valence-electron chi connectivity index (χ2n) is 9.73. The highest BCUT2D eigenvalue weighted by Crippen LogP contribution is 2.43. The summed E-state index contributed by atoms with van der Waals surface area (Å²) in [5.74, 6) is -2.12. The van der Waals surface area contributed by atoms with Gasteiger partial charge in [0.25, 0.3) is 5.69 Å². The van der Waals surface area contributed by atoms with Crippen molar-refractivity contribution in [1.29, 1.82) is 0 Å². The Balaban J connectivity index is 1.73. The number of esters is 1. The Morgan fingerprint density at radius 2 is 1.80 bits per heavy atom. The van der Waals surface area contributed by atoms with Crippen LogP contribution in [0.4, 0.5) is 5.69 Å². The molecule has 0 radical (unpaired) electrons. The van der Waals surface area contributed by atoms with Gasteiger partial charge in [0.15, 0.2) is 0 Å². The second kappa shape index (κ2) is 12.3. The van der Waals surface area contributed by atoms with Gasteiger partial charge < -0.3 is 24.8 Å². The predicted molar refractivity (Wildman–Crippen MR) is 148 cm³/mol. The molecular weight excluding hydrogens is 516 g/mol. The molecule has 0 aromatic heterocycles. The van der Waals surface area contributed by atoms with Crippen LogP contribution in [0.3, 0.4) is 0 Å². The number of carbonyl (C=O) groups is 2. The molecule has 1 saturated heterocycles. The molecule has 2 heterocycles. The number of allylic oxidation sites excluding steroid dienone is 2. The number of rotatable bonds is 9. The lowest BCUT2D eigenvalue weighted by atomic mass is 9.79. The van der Waals surface area contributed by atoms with E-state index in [-0.39, 0.29) is 22.9 Å². The lowest BCUT2D eigenvalue weighted by Crippen LogP contribution is -2.48. The molecule has 2 unspecified atom stereocenters. The largest absolute Gasteiger partial charge is 0.496 e. The number of nitrogens with zero attached hydrogens (tertiary/aromatic N) is 3. The van der Waals surface area contributed by atoms with E-state index in [1.54, 1.807) is 27.0 Å². The summed E-state index contributed by atoms with van der Waals surface area (Å²) < 4.78 is 10.7. The van der Waals surface area contributed by atoms with Gasteiger partial charge in [-0.3, -0.25) is 15.0 Å². The molecule has 212 valence electrons. The van der Waals surface area contributed by atoms with Crippen molar-refractivity contribution >= 4 is 17.6 Å². The number of hydrogen-bond donors (Lipinski definition) is 2. The van der Waals surface area contributed by atoms with Gasteiger partial charge in [-0.25, -0.2) is 9.59 Å². The van der Waals surface area contributed by atoms with Gasteiger partial charge in [-0.2, -0.15) is 0 Å². The van der Waals surface area contributed by atoms with E-state index in [9.17, 15) is 24.8 Å². The van der Waals surface area contributed by atoms with Crippen LogP contribution in [-0.2, 0) is 14.3 Å². The van der Waals surface area contributed by atoms with Gasteiger partial charge in [0.1, 0.15) is 5.75 Å². The number of non-ortho nitro benzene ring substituents is 1. The number of hydrogen-bond acceptors (Lipinski definition) is 9. The molecule has 0 spiro atoms. The van der Waals surface area contributed by atoms with E-state index in [1.165, 1.54) is 25.3 Å². The number of nitro benzene ring substituents is 1. The zero-order chi connectivity index (χ0) is 29.0. The zero-order valence-electron chi connectivity index (χ0n) is 23.0. The van der Waals surface area contributed by atoms with E-state index in [2.05, 4.69) is 10.2 Å². The van der Waals surface area contributed by atoms with Crippen molar-refractivity contribution < 1.29 is 29.1 Å². The number of ether oxygens (including phenoxy) is 2. The van der Waals surface area contributed by atoms with Crippen LogP contribution in [0.1, 0.15) is 36.9 Å². The summed E-state index contributed by atoms with van der Waals surface area (Å²) in [6.45, 7) is 6.78. The Morgan fingerprint density at radius 3 is 2.48 bits per heavy atom. The third kappa shape index (κ3) is 5.56. The van der Waals surface area contributed by atoms with Crippen LogP contribution in [0.25, 0.3) is 0 Å². The van der Waals surface area contributed by atoms with Crippen LogP contribution < -0.4 is 10.1 Å². The molecule has 2 aliphatic heterocycles. The minimum Gasteiger partial charge on any atom is -0.496 e. The molecule has 1 fully saturated rings. The van der Waals surface area contributed by atoms with Crippen molar-refractivity contribution in [2.24, 2.45) is 0 Å². The van der Waals surface area contributed by atoms with Crippen molar-refractivity contribution in [3.63, 3.8) is 0 Å². The zero-order valence-corrected chi connectivity index (χ0v) is 23.0. The third-order valence-electron chi connectivity index (χ3n) is 7.68. The Labute approximate surface area is 232 Å². The maximum absolute atomic E-state index is 13.1. The molecule has 4 rings (SSSR count). The highest BCUT2D eigenvalue weighted by atomic mass is 16.6. The number of nitro groups is 1. The number of methoxy groups -OCH3 is 2. The summed E-state index contributed by atoms with van der Waals surface area (Å²) >= 11 is 0. The molecule has 11 nitrogen and oxygen atoms in total. The summed E-state index contributed by atoms with van der Waals surface area (Å²) in [5.41, 5.74) is 2.35. The van der Waals surface area contributed by atoms with Crippen molar-refractivity contribution in [2.75, 3.05) is 46.9 Å². The van der Waals surface area contributed by atoms with E-state index in [0.717, 1.165) is 30.9 Å². The number of piperazine rings is 1. The van der Waals surface area contributed by atoms with E-state index < -0.39 is 22.8 Å². The van der Waals surface area contributed by atoms with Crippen molar-refractivity contribution in [1.82, 2.24) is 15.1 Å². The fourth-order valence-corrected chi connectivity index (χ4v) is 5.74. The second-order valence-corrected chi connectivity index (χ2v) is 9.73. The van der Waals surface area contributed by atoms with Gasteiger partial charge >= 0.3 is 11.9 Å². The molecule has 0 aliphatic carbocycles. The molecule has 0 saturated carbocycles. The van der Waals surface area contributed by atoms with Crippen molar-refractivity contribution in [2.45, 2.75) is 25.8 Å². The van der Waals surface area contributed by atoms with Crippen LogP contribution in [0.5, 0.6) is 5.75 Å². The van der Waals surface area contributed by atoms with Crippen LogP contribution >= 0.6 is 0 Å². The number of carboxylic acids is 1. The fourth-order valence-electron chi connectivity index (χ4n) is 5.74. The number of carboxylic acid groups (broad SMARTS) is 1. The summed E-state index contributed by atoms with van der Waals surface area (Å²) in [7, 11) is 2.89. The Hall–Kier alpha value is -4.22. The number of carbonyl (C=O) groups excluding carboxylic acids is 1. The normalized spacial score (nSPS) is 19.9. The van der Waals surface area contributed by atoms with E-state index in [4.69, 9.17) is 9.47 Å². The molecule has 2 N–H and O–H groups in total. The van der Waals surface area contributed by atoms with Gasteiger partial charge in [-0.15, -0.1) is 0 Å². The highest BCUT2D eigenvalue weighted by Gasteiger charge is 2.40. The molecule has 0 amide bonds. The lowest BCUT2D eigenvalue weighted by Gasteiger charge is -2.41. The Bertz CT molecular complexity index is 1370. The average molecular weight is 551 g/mol. The number of aliphatic carboxylic acids is 1. The quantitative estimate of drug-likeness (QED) is 0.272. The third-order valence-corrected chi connectivity index (χ3v) is 7.68. The van der Waals surface area contributed by atoms with Gasteiger partial charge in [-0.1, -0.05) is 30.3 Å². The number of nitrogens with one attached hydrogen (secondary N) is 1. The summed E-state index contributed by atoms with van der Waals surface area (Å²) in [5, 5.41) is 25.2. The molecule has 2 atom stereocenters. The standard InChI is InChI=1S/C29H34N4O7/c1-18-25(28(34)35)27(20-8-7-9-21(16-20)33(37)38)26(29(36)40-4)19(2)32(18)15-14-31-13-12-30-17-23(31)22-10-5-6-11-24(22)39-3/h5-11,16,23,27,30H,12-15,17H2,1-4H3,(H,34,35). The average Bonchev–Trinajstić information content (AvgIpc) is 2.96. The minimum atomic E-state index is -1.21. The van der Waals surface area contributed by atoms with Gasteiger partial charge in [0.2, 0.25) is 0 Å².